The Morgan fingerprint density at radius 1 is 1.25 bits per heavy atom. The Kier molecular flexibility index (Phi) is 4.55. The molecule has 0 heterocycles. The largest absolute Gasteiger partial charge is 0.388 e. The summed E-state index contributed by atoms with van der Waals surface area (Å²) >= 11 is 0. The predicted octanol–water partition coefficient (Wildman–Crippen LogP) is 4.01. The summed E-state index contributed by atoms with van der Waals surface area (Å²) in [6.45, 7) is 8.43. The zero-order valence-corrected chi connectivity index (χ0v) is 11.0. The highest BCUT2D eigenvalue weighted by Gasteiger charge is 2.22. The Bertz CT molecular complexity index is 318. The number of hydrogen-bond acceptors (Lipinski definition) is 1. The van der Waals surface area contributed by atoms with Crippen LogP contribution in [0.1, 0.15) is 47.0 Å². The summed E-state index contributed by atoms with van der Waals surface area (Å²) in [5.41, 5.74) is 2.52. The summed E-state index contributed by atoms with van der Waals surface area (Å²) in [4.78, 5) is 0. The molecule has 1 rings (SSSR count). The van der Waals surface area contributed by atoms with Crippen LogP contribution in [0, 0.1) is 5.41 Å². The van der Waals surface area contributed by atoms with Gasteiger partial charge in [-0.2, -0.15) is 0 Å². The lowest BCUT2D eigenvalue weighted by atomic mass is 9.84. The molecule has 0 spiro atoms. The third-order valence-corrected chi connectivity index (χ3v) is 3.22. The fourth-order valence-electron chi connectivity index (χ4n) is 1.84. The van der Waals surface area contributed by atoms with E-state index in [1.54, 1.807) is 0 Å². The second kappa shape index (κ2) is 5.49. The van der Waals surface area contributed by atoms with Crippen LogP contribution >= 0.6 is 0 Å². The van der Waals surface area contributed by atoms with E-state index in [0.717, 1.165) is 19.3 Å². The second-order valence-corrected chi connectivity index (χ2v) is 5.47. The first-order valence-corrected chi connectivity index (χ1v) is 6.10. The molecule has 90 valence electrons. The minimum atomic E-state index is -0.387. The monoisotopic (exact) mass is 220 g/mol. The van der Waals surface area contributed by atoms with Gasteiger partial charge in [0.15, 0.2) is 0 Å². The molecule has 1 nitrogen and oxygen atoms in total. The van der Waals surface area contributed by atoms with Gasteiger partial charge in [0.2, 0.25) is 0 Å². The van der Waals surface area contributed by atoms with Gasteiger partial charge >= 0.3 is 0 Å². The fraction of sp³-hybridized carbons (Fsp3) is 0.600. The van der Waals surface area contributed by atoms with E-state index in [2.05, 4.69) is 45.9 Å². The number of hydrogen-bond donors (Lipinski definition) is 1. The summed E-state index contributed by atoms with van der Waals surface area (Å²) in [6, 6.07) is 0. The maximum absolute atomic E-state index is 10.1. The van der Waals surface area contributed by atoms with E-state index in [0.29, 0.717) is 0 Å². The first-order chi connectivity index (χ1) is 7.42. The third kappa shape index (κ3) is 3.97. The van der Waals surface area contributed by atoms with Gasteiger partial charge < -0.3 is 5.11 Å². The standard InChI is InChI=1S/C15H24O/c1-12-7-5-8-13(2)11-14(16)15(3,4)10-6-9-12/h6-7,10-11,14,16H,5,8-9H2,1-4H3/b10-6-,12-7+,13-11-. The molecule has 0 aromatic heterocycles. The van der Waals surface area contributed by atoms with E-state index in [1.165, 1.54) is 11.1 Å². The van der Waals surface area contributed by atoms with E-state index in [-0.39, 0.29) is 11.5 Å². The van der Waals surface area contributed by atoms with Crippen LogP contribution in [0.3, 0.4) is 0 Å². The fourth-order valence-corrected chi connectivity index (χ4v) is 1.84. The molecule has 1 N–H and O–H groups in total. The van der Waals surface area contributed by atoms with Gasteiger partial charge in [-0.3, -0.25) is 0 Å². The lowest BCUT2D eigenvalue weighted by molar-refractivity contribution is 0.125. The summed E-state index contributed by atoms with van der Waals surface area (Å²) < 4.78 is 0. The average Bonchev–Trinajstić information content (AvgIpc) is 2.17. The lowest BCUT2D eigenvalue weighted by Gasteiger charge is -2.25. The quantitative estimate of drug-likeness (QED) is 0.612. The molecule has 0 saturated heterocycles. The van der Waals surface area contributed by atoms with Crippen molar-refractivity contribution >= 4 is 0 Å². The third-order valence-electron chi connectivity index (χ3n) is 3.22. The molecule has 0 fully saturated rings. The summed E-state index contributed by atoms with van der Waals surface area (Å²) in [5.74, 6) is 0. The maximum atomic E-state index is 10.1. The molecule has 1 atom stereocenters. The molecule has 1 aliphatic rings. The topological polar surface area (TPSA) is 20.2 Å². The smallest absolute Gasteiger partial charge is 0.0808 e. The summed E-state index contributed by atoms with van der Waals surface area (Å²) in [7, 11) is 0. The van der Waals surface area contributed by atoms with Gasteiger partial charge in [0, 0.05) is 5.41 Å². The van der Waals surface area contributed by atoms with Crippen LogP contribution in [-0.4, -0.2) is 11.2 Å². The van der Waals surface area contributed by atoms with Crippen LogP contribution < -0.4 is 0 Å². The van der Waals surface area contributed by atoms with Gasteiger partial charge in [-0.25, -0.2) is 0 Å². The van der Waals surface area contributed by atoms with Crippen LogP contribution in [0.15, 0.2) is 35.5 Å². The molecule has 1 aliphatic carbocycles. The molecule has 1 heteroatoms. The molecule has 16 heavy (non-hydrogen) atoms. The van der Waals surface area contributed by atoms with E-state index in [4.69, 9.17) is 0 Å². The summed E-state index contributed by atoms with van der Waals surface area (Å²) in [5, 5.41) is 10.1. The van der Waals surface area contributed by atoms with Crippen LogP contribution in [0.25, 0.3) is 0 Å². The second-order valence-electron chi connectivity index (χ2n) is 5.47. The Morgan fingerprint density at radius 3 is 2.62 bits per heavy atom. The lowest BCUT2D eigenvalue weighted by Crippen LogP contribution is -2.25. The molecule has 0 aromatic rings. The van der Waals surface area contributed by atoms with Gasteiger partial charge in [-0.15, -0.1) is 0 Å². The normalized spacial score (nSPS) is 35.2. The Morgan fingerprint density at radius 2 is 1.94 bits per heavy atom. The van der Waals surface area contributed by atoms with E-state index >= 15 is 0 Å². The molecule has 0 saturated carbocycles. The van der Waals surface area contributed by atoms with Crippen molar-refractivity contribution in [3.63, 3.8) is 0 Å². The highest BCUT2D eigenvalue weighted by Crippen LogP contribution is 2.26. The van der Waals surface area contributed by atoms with Gasteiger partial charge in [0.1, 0.15) is 0 Å². The van der Waals surface area contributed by atoms with Crippen LogP contribution in [-0.2, 0) is 0 Å². The van der Waals surface area contributed by atoms with Crippen LogP contribution in [0.2, 0.25) is 0 Å². The van der Waals surface area contributed by atoms with Gasteiger partial charge in [-0.1, -0.05) is 49.3 Å². The van der Waals surface area contributed by atoms with Crippen molar-refractivity contribution in [2.24, 2.45) is 5.41 Å². The van der Waals surface area contributed by atoms with Crippen molar-refractivity contribution < 1.29 is 5.11 Å². The van der Waals surface area contributed by atoms with Crippen molar-refractivity contribution in [2.75, 3.05) is 0 Å². The number of rotatable bonds is 0. The predicted molar refractivity (Wildman–Crippen MR) is 70.3 cm³/mol. The van der Waals surface area contributed by atoms with Crippen LogP contribution in [0.4, 0.5) is 0 Å². The summed E-state index contributed by atoms with van der Waals surface area (Å²) in [6.07, 6.45) is 11.3. The SMILES string of the molecule is C/C1=C/C(O)C(C)(C)/C=C\C/C(C)=C/CC1. The minimum Gasteiger partial charge on any atom is -0.388 e. The van der Waals surface area contributed by atoms with E-state index < -0.39 is 0 Å². The van der Waals surface area contributed by atoms with Gasteiger partial charge in [0.05, 0.1) is 6.10 Å². The zero-order chi connectivity index (χ0) is 12.2. The van der Waals surface area contributed by atoms with Crippen molar-refractivity contribution in [1.82, 2.24) is 0 Å². The number of aliphatic hydroxyl groups excluding tert-OH is 1. The number of aliphatic hydroxyl groups is 1. The molecule has 0 aromatic carbocycles. The highest BCUT2D eigenvalue weighted by atomic mass is 16.3. The molecule has 0 amide bonds. The minimum absolute atomic E-state index is 0.175. The van der Waals surface area contributed by atoms with E-state index in [9.17, 15) is 5.11 Å². The molecular formula is C15H24O. The van der Waals surface area contributed by atoms with Crippen molar-refractivity contribution in [3.8, 4) is 0 Å². The van der Waals surface area contributed by atoms with Gasteiger partial charge in [0.25, 0.3) is 0 Å². The molecule has 1 unspecified atom stereocenters. The Labute approximate surface area is 99.6 Å². The van der Waals surface area contributed by atoms with Gasteiger partial charge in [-0.05, 0) is 33.1 Å². The van der Waals surface area contributed by atoms with E-state index in [1.807, 2.05) is 6.08 Å². The molecule has 0 bridgehead atoms. The Balaban J connectivity index is 2.92. The van der Waals surface area contributed by atoms with Crippen molar-refractivity contribution in [3.05, 3.63) is 35.5 Å². The highest BCUT2D eigenvalue weighted by molar-refractivity contribution is 5.15. The molecular weight excluding hydrogens is 196 g/mol. The zero-order valence-electron chi connectivity index (χ0n) is 11.0. The first kappa shape index (κ1) is 13.2. The molecule has 0 aliphatic heterocycles. The molecule has 0 radical (unpaired) electrons. The van der Waals surface area contributed by atoms with Crippen molar-refractivity contribution in [2.45, 2.75) is 53.1 Å². The Hall–Kier alpha value is -0.820. The number of allylic oxidation sites excluding steroid dienone is 4. The maximum Gasteiger partial charge on any atom is 0.0808 e. The van der Waals surface area contributed by atoms with Crippen LogP contribution in [0.5, 0.6) is 0 Å². The van der Waals surface area contributed by atoms with Crippen molar-refractivity contribution in [1.29, 1.82) is 0 Å². The first-order valence-electron chi connectivity index (χ1n) is 6.10. The average molecular weight is 220 g/mol.